The van der Waals surface area contributed by atoms with E-state index < -0.39 is 0 Å². The van der Waals surface area contributed by atoms with Gasteiger partial charge in [-0.15, -0.1) is 0 Å². The summed E-state index contributed by atoms with van der Waals surface area (Å²) in [5.74, 6) is 0. The summed E-state index contributed by atoms with van der Waals surface area (Å²) in [6.45, 7) is 7.02. The third-order valence-corrected chi connectivity index (χ3v) is 7.14. The molecule has 0 amide bonds. The van der Waals surface area contributed by atoms with E-state index in [4.69, 9.17) is 0 Å². The molecule has 5 rings (SSSR count). The van der Waals surface area contributed by atoms with Crippen LogP contribution in [0.5, 0.6) is 0 Å². The predicted octanol–water partition coefficient (Wildman–Crippen LogP) is 6.48. The van der Waals surface area contributed by atoms with Crippen molar-refractivity contribution in [1.29, 1.82) is 0 Å². The lowest BCUT2D eigenvalue weighted by atomic mass is 9.68. The van der Waals surface area contributed by atoms with Crippen molar-refractivity contribution in [2.75, 3.05) is 0 Å². The molecule has 3 aromatic rings. The van der Waals surface area contributed by atoms with E-state index in [1.807, 2.05) is 11.8 Å². The van der Waals surface area contributed by atoms with Gasteiger partial charge in [-0.25, -0.2) is 0 Å². The zero-order chi connectivity index (χ0) is 17.2. The molecule has 2 aliphatic rings. The number of hydrogen-bond donors (Lipinski definition) is 0. The fourth-order valence-electron chi connectivity index (χ4n) is 5.02. The van der Waals surface area contributed by atoms with Gasteiger partial charge < -0.3 is 0 Å². The molecular weight excluding hydrogens is 320 g/mol. The molecule has 0 saturated carbocycles. The second-order valence-electron chi connectivity index (χ2n) is 8.11. The zero-order valence-corrected chi connectivity index (χ0v) is 15.8. The van der Waals surface area contributed by atoms with E-state index in [0.29, 0.717) is 0 Å². The maximum Gasteiger partial charge on any atom is 0.0485 e. The molecule has 1 heteroatoms. The Bertz CT molecular complexity index is 998. The molecule has 124 valence electrons. The first kappa shape index (κ1) is 15.3. The summed E-state index contributed by atoms with van der Waals surface area (Å²) < 4.78 is 0. The average molecular weight is 343 g/mol. The number of benzene rings is 3. The highest BCUT2D eigenvalue weighted by molar-refractivity contribution is 7.99. The lowest BCUT2D eigenvalue weighted by Gasteiger charge is -2.39. The molecule has 0 aromatic heterocycles. The summed E-state index contributed by atoms with van der Waals surface area (Å²) in [7, 11) is 0. The summed E-state index contributed by atoms with van der Waals surface area (Å²) in [6, 6.07) is 25.1. The highest BCUT2D eigenvalue weighted by Gasteiger charge is 2.52. The van der Waals surface area contributed by atoms with E-state index in [0.717, 1.165) is 6.42 Å². The van der Waals surface area contributed by atoms with Gasteiger partial charge in [0, 0.05) is 15.2 Å². The molecule has 0 saturated heterocycles. The summed E-state index contributed by atoms with van der Waals surface area (Å²) in [4.78, 5) is 2.82. The quantitative estimate of drug-likeness (QED) is 0.451. The molecule has 0 radical (unpaired) electrons. The summed E-state index contributed by atoms with van der Waals surface area (Å²) in [5, 5.41) is 0. The van der Waals surface area contributed by atoms with Crippen molar-refractivity contribution in [3.63, 3.8) is 0 Å². The van der Waals surface area contributed by atoms with E-state index in [-0.39, 0.29) is 10.8 Å². The van der Waals surface area contributed by atoms with Gasteiger partial charge in [0.1, 0.15) is 0 Å². The number of rotatable bonds is 0. The molecule has 1 aliphatic heterocycles. The fourth-order valence-corrected chi connectivity index (χ4v) is 6.23. The van der Waals surface area contributed by atoms with Crippen molar-refractivity contribution in [1.82, 2.24) is 0 Å². The SMILES string of the molecule is Cc1ccc2c(c1)C1(CC(C)(C)c3ccccc31)c1ccccc1S2. The van der Waals surface area contributed by atoms with Crippen molar-refractivity contribution >= 4 is 11.8 Å². The summed E-state index contributed by atoms with van der Waals surface area (Å²) >= 11 is 1.93. The topological polar surface area (TPSA) is 0 Å². The Labute approximate surface area is 154 Å². The normalized spacial score (nSPS) is 22.4. The summed E-state index contributed by atoms with van der Waals surface area (Å²) in [5.41, 5.74) is 7.48. The molecule has 3 aromatic carbocycles. The van der Waals surface area contributed by atoms with Crippen LogP contribution in [0.25, 0.3) is 0 Å². The van der Waals surface area contributed by atoms with Gasteiger partial charge in [0.2, 0.25) is 0 Å². The first-order valence-corrected chi connectivity index (χ1v) is 9.82. The van der Waals surface area contributed by atoms with Gasteiger partial charge in [0.15, 0.2) is 0 Å². The standard InChI is InChI=1S/C24H22S/c1-16-12-13-22-20(14-16)24(19-10-6-7-11-21(19)25-22)15-23(2,3)17-8-4-5-9-18(17)24/h4-14H,15H2,1-3H3. The van der Waals surface area contributed by atoms with Crippen molar-refractivity contribution in [2.24, 2.45) is 0 Å². The van der Waals surface area contributed by atoms with Crippen molar-refractivity contribution in [3.05, 3.63) is 94.5 Å². The van der Waals surface area contributed by atoms with Crippen molar-refractivity contribution in [3.8, 4) is 0 Å². The van der Waals surface area contributed by atoms with Gasteiger partial charge in [-0.05, 0) is 53.1 Å². The van der Waals surface area contributed by atoms with E-state index in [2.05, 4.69) is 87.5 Å². The molecule has 1 aliphatic carbocycles. The van der Waals surface area contributed by atoms with Gasteiger partial charge in [-0.2, -0.15) is 0 Å². The zero-order valence-electron chi connectivity index (χ0n) is 15.0. The van der Waals surface area contributed by atoms with Crippen LogP contribution in [0.3, 0.4) is 0 Å². The fraction of sp³-hybridized carbons (Fsp3) is 0.250. The smallest absolute Gasteiger partial charge is 0.0485 e. The highest BCUT2D eigenvalue weighted by Crippen LogP contribution is 2.61. The minimum absolute atomic E-state index is 0.0245. The number of hydrogen-bond acceptors (Lipinski definition) is 1. The number of fused-ring (bicyclic) bond motifs is 6. The van der Waals surface area contributed by atoms with Crippen LogP contribution in [0.2, 0.25) is 0 Å². The van der Waals surface area contributed by atoms with E-state index in [1.165, 1.54) is 37.6 Å². The predicted molar refractivity (Wildman–Crippen MR) is 106 cm³/mol. The maximum atomic E-state index is 2.43. The van der Waals surface area contributed by atoms with Crippen LogP contribution in [0, 0.1) is 6.92 Å². The lowest BCUT2D eigenvalue weighted by molar-refractivity contribution is 0.435. The van der Waals surface area contributed by atoms with Crippen LogP contribution in [0.1, 0.15) is 48.1 Å². The minimum atomic E-state index is -0.0245. The monoisotopic (exact) mass is 342 g/mol. The Morgan fingerprint density at radius 3 is 2.16 bits per heavy atom. The maximum absolute atomic E-state index is 2.43. The third-order valence-electron chi connectivity index (χ3n) is 5.98. The second kappa shape index (κ2) is 5.02. The molecule has 1 heterocycles. The van der Waals surface area contributed by atoms with Gasteiger partial charge in [-0.3, -0.25) is 0 Å². The summed E-state index contributed by atoms with van der Waals surface area (Å²) in [6.07, 6.45) is 1.13. The van der Waals surface area contributed by atoms with E-state index >= 15 is 0 Å². The molecule has 0 bridgehead atoms. The minimum Gasteiger partial charge on any atom is -0.0894 e. The van der Waals surface area contributed by atoms with Gasteiger partial charge >= 0.3 is 0 Å². The van der Waals surface area contributed by atoms with Gasteiger partial charge in [0.25, 0.3) is 0 Å². The van der Waals surface area contributed by atoms with E-state index in [1.54, 1.807) is 0 Å². The Morgan fingerprint density at radius 1 is 0.720 bits per heavy atom. The number of aryl methyl sites for hydroxylation is 1. The molecule has 1 unspecified atom stereocenters. The Balaban J connectivity index is 1.93. The third kappa shape index (κ3) is 1.96. The molecule has 0 nitrogen and oxygen atoms in total. The second-order valence-corrected chi connectivity index (χ2v) is 9.19. The average Bonchev–Trinajstić information content (AvgIpc) is 2.85. The Hall–Kier alpha value is -1.99. The first-order valence-electron chi connectivity index (χ1n) is 9.01. The van der Waals surface area contributed by atoms with Crippen LogP contribution in [-0.4, -0.2) is 0 Å². The molecule has 1 atom stereocenters. The van der Waals surface area contributed by atoms with Crippen molar-refractivity contribution in [2.45, 2.75) is 47.8 Å². The molecule has 25 heavy (non-hydrogen) atoms. The highest BCUT2D eigenvalue weighted by atomic mass is 32.2. The molecular formula is C24H22S. The lowest BCUT2D eigenvalue weighted by Crippen LogP contribution is -2.32. The van der Waals surface area contributed by atoms with E-state index in [9.17, 15) is 0 Å². The van der Waals surface area contributed by atoms with Crippen LogP contribution in [0.4, 0.5) is 0 Å². The molecule has 0 N–H and O–H groups in total. The van der Waals surface area contributed by atoms with Gasteiger partial charge in [0.05, 0.1) is 0 Å². The Morgan fingerprint density at radius 2 is 1.36 bits per heavy atom. The first-order chi connectivity index (χ1) is 12.0. The van der Waals surface area contributed by atoms with Crippen LogP contribution < -0.4 is 0 Å². The molecule has 1 spiro atoms. The van der Waals surface area contributed by atoms with Crippen molar-refractivity contribution < 1.29 is 0 Å². The van der Waals surface area contributed by atoms with Crippen LogP contribution in [0.15, 0.2) is 76.5 Å². The van der Waals surface area contributed by atoms with Gasteiger partial charge in [-0.1, -0.05) is 85.8 Å². The molecule has 0 fully saturated rings. The van der Waals surface area contributed by atoms with Crippen LogP contribution in [-0.2, 0) is 10.8 Å². The largest absolute Gasteiger partial charge is 0.0894 e. The van der Waals surface area contributed by atoms with Crippen LogP contribution >= 0.6 is 11.8 Å². The Kier molecular flexibility index (Phi) is 3.07.